The number of allylic oxidation sites excluding steroid dienone is 28. The molecule has 1 atom stereocenters. The molecular weight excluding hydrogens is 1120 g/mol. The minimum absolute atomic E-state index is 0.0729. The molecule has 0 saturated carbocycles. The van der Waals surface area contributed by atoms with Crippen LogP contribution in [-0.2, 0) is 19.1 Å². The van der Waals surface area contributed by atoms with Gasteiger partial charge in [-0.05, 0) is 128 Å². The summed E-state index contributed by atoms with van der Waals surface area (Å²) in [5.74, 6) is -0.592. The van der Waals surface area contributed by atoms with E-state index in [1.807, 2.05) is 0 Å². The van der Waals surface area contributed by atoms with Crippen molar-refractivity contribution in [3.8, 4) is 0 Å². The third-order valence-electron chi connectivity index (χ3n) is 16.5. The summed E-state index contributed by atoms with van der Waals surface area (Å²) >= 11 is 0. The molecule has 0 aliphatic carbocycles. The van der Waals surface area contributed by atoms with Crippen molar-refractivity contribution in [2.75, 3.05) is 13.2 Å². The highest BCUT2D eigenvalue weighted by atomic mass is 16.6. The second-order valence-corrected chi connectivity index (χ2v) is 25.3. The molecule has 0 heterocycles. The molecule has 0 fully saturated rings. The number of carbonyl (C=O) groups is 2. The van der Waals surface area contributed by atoms with Gasteiger partial charge in [0.15, 0.2) is 6.10 Å². The Morgan fingerprint density at radius 3 is 0.652 bits per heavy atom. The molecule has 0 aromatic carbocycles. The van der Waals surface area contributed by atoms with Gasteiger partial charge in [0.1, 0.15) is 6.61 Å². The minimum atomic E-state index is -0.786. The van der Waals surface area contributed by atoms with E-state index in [4.69, 9.17) is 9.47 Å². The van der Waals surface area contributed by atoms with Gasteiger partial charge in [0.25, 0.3) is 0 Å². The first-order chi connectivity index (χ1) is 45.6. The van der Waals surface area contributed by atoms with Gasteiger partial charge in [0.05, 0.1) is 6.61 Å². The molecule has 1 unspecified atom stereocenters. The standard InChI is InChI=1S/C87H144O5/c1-3-5-7-9-11-13-15-17-19-21-23-25-27-29-31-33-35-37-39-41-42-43-44-46-47-49-51-53-55-57-59-61-63-65-67-69-71-73-75-77-79-81-86(89)91-84-85(83-88)92-87(90)82-80-78-76-74-72-70-68-66-64-62-60-58-56-54-52-50-48-45-40-38-36-34-32-30-28-26-24-22-20-18-16-14-12-10-8-6-4-2/h5-8,11-14,17-20,23-26,29-32,36,38,45,48,52,54,58,60,85,88H,3-4,9-10,15-16,21-22,27-28,33-35,37,39-44,46-47,49-51,53,55-57,59,61-84H2,1-2H3/b7-5-,8-6-,13-11-,14-12-,19-17-,20-18-,25-23-,26-24-,31-29-,32-30-,38-36-,48-45-,54-52-,60-58-. The van der Waals surface area contributed by atoms with Gasteiger partial charge < -0.3 is 14.6 Å². The molecule has 5 nitrogen and oxygen atoms in total. The number of unbranched alkanes of at least 4 members (excludes halogenated alkanes) is 34. The minimum Gasteiger partial charge on any atom is -0.462 e. The van der Waals surface area contributed by atoms with Gasteiger partial charge in [-0.15, -0.1) is 0 Å². The van der Waals surface area contributed by atoms with E-state index in [-0.39, 0.29) is 25.2 Å². The van der Waals surface area contributed by atoms with Gasteiger partial charge >= 0.3 is 11.9 Å². The molecule has 0 aromatic heterocycles. The Morgan fingerprint density at radius 1 is 0.250 bits per heavy atom. The van der Waals surface area contributed by atoms with Crippen LogP contribution in [0.3, 0.4) is 0 Å². The lowest BCUT2D eigenvalue weighted by Crippen LogP contribution is -2.28. The van der Waals surface area contributed by atoms with Crippen LogP contribution in [0.5, 0.6) is 0 Å². The van der Waals surface area contributed by atoms with Crippen molar-refractivity contribution in [2.45, 2.75) is 354 Å². The lowest BCUT2D eigenvalue weighted by Gasteiger charge is -2.15. The number of aliphatic hydroxyl groups is 1. The normalized spacial score (nSPS) is 13.2. The van der Waals surface area contributed by atoms with Crippen molar-refractivity contribution in [3.63, 3.8) is 0 Å². The molecule has 0 aromatic rings. The zero-order chi connectivity index (χ0) is 66.1. The molecule has 92 heavy (non-hydrogen) atoms. The Bertz CT molecular complexity index is 1980. The van der Waals surface area contributed by atoms with Crippen LogP contribution in [0.4, 0.5) is 0 Å². The molecule has 1 N–H and O–H groups in total. The summed E-state index contributed by atoms with van der Waals surface area (Å²) in [7, 11) is 0. The fourth-order valence-corrected chi connectivity index (χ4v) is 10.8. The van der Waals surface area contributed by atoms with Crippen molar-refractivity contribution in [1.82, 2.24) is 0 Å². The fourth-order valence-electron chi connectivity index (χ4n) is 10.8. The second kappa shape index (κ2) is 80.5. The highest BCUT2D eigenvalue weighted by Crippen LogP contribution is 2.18. The number of rotatable bonds is 70. The fraction of sp³-hybridized carbons (Fsp3) is 0.655. The molecule has 0 radical (unpaired) electrons. The largest absolute Gasteiger partial charge is 0.462 e. The van der Waals surface area contributed by atoms with Crippen molar-refractivity contribution in [3.05, 3.63) is 170 Å². The van der Waals surface area contributed by atoms with Gasteiger partial charge in [-0.1, -0.05) is 377 Å². The first kappa shape index (κ1) is 87.3. The van der Waals surface area contributed by atoms with E-state index in [0.29, 0.717) is 12.8 Å². The van der Waals surface area contributed by atoms with Crippen LogP contribution in [0, 0.1) is 0 Å². The predicted octanol–water partition coefficient (Wildman–Crippen LogP) is 27.5. The lowest BCUT2D eigenvalue weighted by molar-refractivity contribution is -0.161. The maximum absolute atomic E-state index is 12.4. The first-order valence-electron chi connectivity index (χ1n) is 38.7. The smallest absolute Gasteiger partial charge is 0.306 e. The van der Waals surface area contributed by atoms with E-state index in [1.165, 1.54) is 186 Å². The maximum atomic E-state index is 12.4. The van der Waals surface area contributed by atoms with E-state index in [2.05, 4.69) is 184 Å². The number of ether oxygens (including phenoxy) is 2. The molecule has 0 saturated heterocycles. The Balaban J connectivity index is 3.49. The summed E-state index contributed by atoms with van der Waals surface area (Å²) in [5.41, 5.74) is 0. The van der Waals surface area contributed by atoms with Crippen molar-refractivity contribution in [2.24, 2.45) is 0 Å². The van der Waals surface area contributed by atoms with Crippen molar-refractivity contribution in [1.29, 1.82) is 0 Å². The van der Waals surface area contributed by atoms with Crippen molar-refractivity contribution >= 4 is 11.9 Å². The highest BCUT2D eigenvalue weighted by Gasteiger charge is 2.16. The average molecular weight is 1270 g/mol. The number of hydrogen-bond acceptors (Lipinski definition) is 5. The number of esters is 2. The molecule has 0 amide bonds. The Kier molecular flexibility index (Phi) is 76.3. The predicted molar refractivity (Wildman–Crippen MR) is 407 cm³/mol. The summed E-state index contributed by atoms with van der Waals surface area (Å²) in [5, 5.41) is 9.72. The molecule has 0 aliphatic rings. The first-order valence-corrected chi connectivity index (χ1v) is 38.7. The van der Waals surface area contributed by atoms with E-state index in [0.717, 1.165) is 135 Å². The van der Waals surface area contributed by atoms with Crippen LogP contribution in [0.2, 0.25) is 0 Å². The Labute approximate surface area is 570 Å². The molecular formula is C87H144O5. The molecule has 0 aliphatic heterocycles. The average Bonchev–Trinajstić information content (AvgIpc) is 3.70. The molecule has 5 heteroatoms. The van der Waals surface area contributed by atoms with Gasteiger partial charge in [-0.25, -0.2) is 0 Å². The number of aliphatic hydroxyl groups excluding tert-OH is 1. The topological polar surface area (TPSA) is 72.8 Å². The number of hydrogen-bond donors (Lipinski definition) is 1. The van der Waals surface area contributed by atoms with Crippen LogP contribution in [0.1, 0.15) is 348 Å². The van der Waals surface area contributed by atoms with E-state index in [9.17, 15) is 14.7 Å². The lowest BCUT2D eigenvalue weighted by atomic mass is 10.0. The summed E-state index contributed by atoms with van der Waals surface area (Å²) < 4.78 is 10.8. The molecule has 0 bridgehead atoms. The Morgan fingerprint density at radius 2 is 0.435 bits per heavy atom. The van der Waals surface area contributed by atoms with Crippen LogP contribution in [0.25, 0.3) is 0 Å². The van der Waals surface area contributed by atoms with Gasteiger partial charge in [-0.3, -0.25) is 9.59 Å². The third-order valence-corrected chi connectivity index (χ3v) is 16.5. The van der Waals surface area contributed by atoms with E-state index in [1.54, 1.807) is 0 Å². The quantitative estimate of drug-likeness (QED) is 0.0373. The van der Waals surface area contributed by atoms with Crippen molar-refractivity contribution < 1.29 is 24.2 Å². The summed E-state index contributed by atoms with van der Waals surface area (Å²) in [6, 6.07) is 0. The van der Waals surface area contributed by atoms with Crippen LogP contribution < -0.4 is 0 Å². The number of carbonyl (C=O) groups excluding carboxylic acids is 2. The highest BCUT2D eigenvalue weighted by molar-refractivity contribution is 5.70. The summed E-state index contributed by atoms with van der Waals surface area (Å²) in [6.45, 7) is 3.93. The van der Waals surface area contributed by atoms with E-state index < -0.39 is 6.10 Å². The zero-order valence-corrected chi connectivity index (χ0v) is 60.0. The van der Waals surface area contributed by atoms with Crippen LogP contribution >= 0.6 is 0 Å². The van der Waals surface area contributed by atoms with E-state index >= 15 is 0 Å². The van der Waals surface area contributed by atoms with Gasteiger partial charge in [-0.2, -0.15) is 0 Å². The monoisotopic (exact) mass is 1270 g/mol. The molecule has 522 valence electrons. The zero-order valence-electron chi connectivity index (χ0n) is 60.0. The van der Waals surface area contributed by atoms with Crippen LogP contribution in [0.15, 0.2) is 170 Å². The SMILES string of the molecule is CC/C=C\C/C=C\C/C=C\C/C=C\C/C=C\C/C=C\C/C=C\C/C=C\C/C=C\CCCCCCCCCCCC(=O)OC(CO)COC(=O)CCCCCCCCCCCCCCCCCCCCCCCCCCC/C=C\C/C=C\C/C=C\C/C=C\C/C=C\CC. The summed E-state index contributed by atoms with van der Waals surface area (Å²) in [6.07, 6.45) is 124. The molecule has 0 rings (SSSR count). The van der Waals surface area contributed by atoms with Gasteiger partial charge in [0.2, 0.25) is 0 Å². The summed E-state index contributed by atoms with van der Waals surface area (Å²) in [4.78, 5) is 24.7. The Hall–Kier alpha value is -4.74. The van der Waals surface area contributed by atoms with Crippen LogP contribution in [-0.4, -0.2) is 36.4 Å². The third kappa shape index (κ3) is 77.7. The van der Waals surface area contributed by atoms with Gasteiger partial charge in [0, 0.05) is 12.8 Å². The maximum Gasteiger partial charge on any atom is 0.306 e. The second-order valence-electron chi connectivity index (χ2n) is 25.3. The molecule has 0 spiro atoms.